The van der Waals surface area contributed by atoms with Gasteiger partial charge in [0, 0.05) is 11.0 Å². The summed E-state index contributed by atoms with van der Waals surface area (Å²) < 4.78 is 0. The molecule has 1 rings (SSSR count). The summed E-state index contributed by atoms with van der Waals surface area (Å²) in [5, 5.41) is 2.69. The third-order valence-corrected chi connectivity index (χ3v) is 2.03. The Hall–Kier alpha value is -0.830. The highest BCUT2D eigenvalue weighted by Gasteiger charge is 2.30. The number of nitrogens with one attached hydrogen (secondary N) is 1. The summed E-state index contributed by atoms with van der Waals surface area (Å²) in [7, 11) is 0. The normalized spacial score (nSPS) is 29.3. The van der Waals surface area contributed by atoms with Gasteiger partial charge in [-0.25, -0.2) is 0 Å². The van der Waals surface area contributed by atoms with E-state index >= 15 is 0 Å². The van der Waals surface area contributed by atoms with Crippen molar-refractivity contribution in [2.75, 3.05) is 0 Å². The molecular formula is C8H14N2O. The van der Waals surface area contributed by atoms with E-state index in [2.05, 4.69) is 5.32 Å². The van der Waals surface area contributed by atoms with E-state index in [0.717, 1.165) is 5.57 Å². The lowest BCUT2D eigenvalue weighted by Gasteiger charge is -2.33. The maximum absolute atomic E-state index is 11.0. The predicted octanol–water partition coefficient (Wildman–Crippen LogP) is 0.374. The molecule has 0 aliphatic carbocycles. The molecule has 1 heterocycles. The van der Waals surface area contributed by atoms with Crippen LogP contribution in [0.15, 0.2) is 11.6 Å². The first kappa shape index (κ1) is 8.27. The Morgan fingerprint density at radius 3 is 2.64 bits per heavy atom. The summed E-state index contributed by atoms with van der Waals surface area (Å²) in [6, 6.07) is 0. The minimum absolute atomic E-state index is 0.0585. The SMILES string of the molecule is CC1=CC(C)(C)C(N)NC1=O. The Morgan fingerprint density at radius 1 is 1.64 bits per heavy atom. The highest BCUT2D eigenvalue weighted by molar-refractivity contribution is 5.94. The van der Waals surface area contributed by atoms with Crippen molar-refractivity contribution in [1.29, 1.82) is 0 Å². The second-order valence-corrected chi connectivity index (χ2v) is 3.60. The van der Waals surface area contributed by atoms with Crippen LogP contribution in [0, 0.1) is 5.41 Å². The third kappa shape index (κ3) is 1.43. The van der Waals surface area contributed by atoms with Crippen LogP contribution in [-0.2, 0) is 4.79 Å². The minimum atomic E-state index is -0.265. The van der Waals surface area contributed by atoms with Crippen LogP contribution < -0.4 is 11.1 Å². The molecule has 0 aromatic heterocycles. The van der Waals surface area contributed by atoms with Crippen molar-refractivity contribution < 1.29 is 4.79 Å². The molecule has 0 spiro atoms. The molecule has 0 aromatic carbocycles. The molecular weight excluding hydrogens is 140 g/mol. The highest BCUT2D eigenvalue weighted by atomic mass is 16.1. The van der Waals surface area contributed by atoms with Crippen molar-refractivity contribution in [3.63, 3.8) is 0 Å². The Kier molecular flexibility index (Phi) is 1.76. The van der Waals surface area contributed by atoms with Crippen molar-refractivity contribution in [2.24, 2.45) is 11.1 Å². The van der Waals surface area contributed by atoms with Gasteiger partial charge in [-0.05, 0) is 6.92 Å². The second-order valence-electron chi connectivity index (χ2n) is 3.60. The van der Waals surface area contributed by atoms with Crippen molar-refractivity contribution >= 4 is 5.91 Å². The van der Waals surface area contributed by atoms with Gasteiger partial charge in [0.25, 0.3) is 0 Å². The largest absolute Gasteiger partial charge is 0.336 e. The van der Waals surface area contributed by atoms with Crippen LogP contribution in [0.3, 0.4) is 0 Å². The summed E-state index contributed by atoms with van der Waals surface area (Å²) in [6.45, 7) is 5.80. The number of carbonyl (C=O) groups is 1. The maximum Gasteiger partial charge on any atom is 0.247 e. The van der Waals surface area contributed by atoms with Crippen molar-refractivity contribution in [3.8, 4) is 0 Å². The lowest BCUT2D eigenvalue weighted by molar-refractivity contribution is -0.119. The average molecular weight is 154 g/mol. The van der Waals surface area contributed by atoms with E-state index in [1.54, 1.807) is 6.92 Å². The number of rotatable bonds is 0. The molecule has 62 valence electrons. The number of hydrogen-bond acceptors (Lipinski definition) is 2. The summed E-state index contributed by atoms with van der Waals surface area (Å²) >= 11 is 0. The zero-order valence-corrected chi connectivity index (χ0v) is 7.14. The van der Waals surface area contributed by atoms with Crippen LogP contribution >= 0.6 is 0 Å². The highest BCUT2D eigenvalue weighted by Crippen LogP contribution is 2.24. The summed E-state index contributed by atoms with van der Waals surface area (Å²) in [4.78, 5) is 11.0. The van der Waals surface area contributed by atoms with E-state index in [4.69, 9.17) is 5.73 Å². The van der Waals surface area contributed by atoms with Gasteiger partial charge in [0.05, 0.1) is 6.17 Å². The molecule has 3 N–H and O–H groups in total. The van der Waals surface area contributed by atoms with Crippen LogP contribution in [0.5, 0.6) is 0 Å². The zero-order chi connectivity index (χ0) is 8.65. The molecule has 11 heavy (non-hydrogen) atoms. The van der Waals surface area contributed by atoms with Gasteiger partial charge in [0.1, 0.15) is 0 Å². The fraction of sp³-hybridized carbons (Fsp3) is 0.625. The van der Waals surface area contributed by atoms with Gasteiger partial charge in [0.2, 0.25) is 5.91 Å². The second kappa shape index (κ2) is 2.34. The first-order valence-electron chi connectivity index (χ1n) is 3.69. The minimum Gasteiger partial charge on any atom is -0.336 e. The van der Waals surface area contributed by atoms with Gasteiger partial charge in [-0.2, -0.15) is 0 Å². The molecule has 0 saturated heterocycles. The maximum atomic E-state index is 11.0. The van der Waals surface area contributed by atoms with Crippen LogP contribution in [0.4, 0.5) is 0 Å². The van der Waals surface area contributed by atoms with Gasteiger partial charge >= 0.3 is 0 Å². The molecule has 3 nitrogen and oxygen atoms in total. The fourth-order valence-electron chi connectivity index (χ4n) is 1.15. The molecule has 0 radical (unpaired) electrons. The number of nitrogens with two attached hydrogens (primary N) is 1. The Labute approximate surface area is 66.6 Å². The molecule has 1 aliphatic rings. The van der Waals surface area contributed by atoms with Gasteiger partial charge in [-0.1, -0.05) is 19.9 Å². The summed E-state index contributed by atoms with van der Waals surface area (Å²) in [6.07, 6.45) is 1.65. The van der Waals surface area contributed by atoms with E-state index in [0.29, 0.717) is 0 Å². The average Bonchev–Trinajstić information content (AvgIpc) is 1.83. The summed E-state index contributed by atoms with van der Waals surface area (Å²) in [5.74, 6) is -0.0585. The fourth-order valence-corrected chi connectivity index (χ4v) is 1.15. The lowest BCUT2D eigenvalue weighted by atomic mass is 9.85. The summed E-state index contributed by atoms with van der Waals surface area (Å²) in [5.41, 5.74) is 6.31. The zero-order valence-electron chi connectivity index (χ0n) is 7.14. The molecule has 1 unspecified atom stereocenters. The monoisotopic (exact) mass is 154 g/mol. The topological polar surface area (TPSA) is 55.1 Å². The van der Waals surface area contributed by atoms with Crippen molar-refractivity contribution in [1.82, 2.24) is 5.32 Å². The first-order valence-corrected chi connectivity index (χ1v) is 3.69. The van der Waals surface area contributed by atoms with Crippen molar-refractivity contribution in [3.05, 3.63) is 11.6 Å². The quantitative estimate of drug-likeness (QED) is 0.529. The molecule has 1 amide bonds. The van der Waals surface area contributed by atoms with Gasteiger partial charge in [-0.15, -0.1) is 0 Å². The molecule has 0 aromatic rings. The molecule has 0 saturated carbocycles. The number of amides is 1. The molecule has 0 bridgehead atoms. The predicted molar refractivity (Wildman–Crippen MR) is 43.7 cm³/mol. The smallest absolute Gasteiger partial charge is 0.247 e. The number of hydrogen-bond donors (Lipinski definition) is 2. The molecule has 1 aliphatic heterocycles. The Bertz CT molecular complexity index is 218. The van der Waals surface area contributed by atoms with E-state index in [1.807, 2.05) is 19.9 Å². The Morgan fingerprint density at radius 2 is 2.18 bits per heavy atom. The van der Waals surface area contributed by atoms with Crippen LogP contribution in [0.1, 0.15) is 20.8 Å². The van der Waals surface area contributed by atoms with Crippen LogP contribution in [0.2, 0.25) is 0 Å². The van der Waals surface area contributed by atoms with E-state index in [-0.39, 0.29) is 17.5 Å². The van der Waals surface area contributed by atoms with E-state index in [1.165, 1.54) is 0 Å². The molecule has 1 atom stereocenters. The van der Waals surface area contributed by atoms with Gasteiger partial charge in [0.15, 0.2) is 0 Å². The third-order valence-electron chi connectivity index (χ3n) is 2.03. The van der Waals surface area contributed by atoms with Gasteiger partial charge in [-0.3, -0.25) is 4.79 Å². The van der Waals surface area contributed by atoms with E-state index < -0.39 is 0 Å². The van der Waals surface area contributed by atoms with E-state index in [9.17, 15) is 4.79 Å². The van der Waals surface area contributed by atoms with Crippen molar-refractivity contribution in [2.45, 2.75) is 26.9 Å². The van der Waals surface area contributed by atoms with Crippen LogP contribution in [0.25, 0.3) is 0 Å². The standard InChI is InChI=1S/C8H14N2O/c1-5-4-8(2,3)7(9)10-6(5)11/h4,7H,9H2,1-3H3,(H,10,11). The Balaban J connectivity index is 2.96. The molecule has 0 fully saturated rings. The molecule has 3 heteroatoms. The number of carbonyl (C=O) groups excluding carboxylic acids is 1. The first-order chi connectivity index (χ1) is 4.93. The van der Waals surface area contributed by atoms with Crippen LogP contribution in [-0.4, -0.2) is 12.1 Å². The lowest BCUT2D eigenvalue weighted by Crippen LogP contribution is -2.53. The van der Waals surface area contributed by atoms with Gasteiger partial charge < -0.3 is 11.1 Å².